The molecule has 0 radical (unpaired) electrons. The second-order valence-corrected chi connectivity index (χ2v) is 4.31. The van der Waals surface area contributed by atoms with Crippen LogP contribution in [0.5, 0.6) is 0 Å². The van der Waals surface area contributed by atoms with Crippen molar-refractivity contribution in [2.45, 2.75) is 19.3 Å². The van der Waals surface area contributed by atoms with Gasteiger partial charge >= 0.3 is 12.2 Å². The minimum atomic E-state index is -4.35. The standard InChI is InChI=1S/C14H13F3N2O2/c15-14(16,17)11-5-3-10(4-6-11)8-18-13(20)19-9-12-2-1-7-21-12/h1-7H,8-9H2,(H2,18,19,20). The van der Waals surface area contributed by atoms with Crippen molar-refractivity contribution in [1.29, 1.82) is 0 Å². The Balaban J connectivity index is 1.78. The lowest BCUT2D eigenvalue weighted by Crippen LogP contribution is -2.34. The number of furan rings is 1. The topological polar surface area (TPSA) is 54.3 Å². The zero-order chi connectivity index (χ0) is 15.3. The average Bonchev–Trinajstić information content (AvgIpc) is 2.95. The second-order valence-electron chi connectivity index (χ2n) is 4.31. The third kappa shape index (κ3) is 4.55. The number of rotatable bonds is 4. The Kier molecular flexibility index (Phi) is 4.52. The number of hydrogen-bond acceptors (Lipinski definition) is 2. The van der Waals surface area contributed by atoms with Crippen LogP contribution in [0.4, 0.5) is 18.0 Å². The number of nitrogens with one attached hydrogen (secondary N) is 2. The van der Waals surface area contributed by atoms with E-state index < -0.39 is 17.8 Å². The largest absolute Gasteiger partial charge is 0.467 e. The van der Waals surface area contributed by atoms with Crippen molar-refractivity contribution in [2.24, 2.45) is 0 Å². The van der Waals surface area contributed by atoms with Gasteiger partial charge in [-0.05, 0) is 29.8 Å². The fraction of sp³-hybridized carbons (Fsp3) is 0.214. The van der Waals surface area contributed by atoms with Crippen molar-refractivity contribution >= 4 is 6.03 Å². The van der Waals surface area contributed by atoms with Gasteiger partial charge in [-0.3, -0.25) is 0 Å². The number of carbonyl (C=O) groups excluding carboxylic acids is 1. The number of halogens is 3. The molecule has 0 atom stereocenters. The Bertz CT molecular complexity index is 577. The molecule has 21 heavy (non-hydrogen) atoms. The Morgan fingerprint density at radius 1 is 1.05 bits per heavy atom. The molecule has 0 aliphatic heterocycles. The van der Waals surface area contributed by atoms with E-state index in [0.717, 1.165) is 12.1 Å². The third-order valence-electron chi connectivity index (χ3n) is 2.74. The summed E-state index contributed by atoms with van der Waals surface area (Å²) in [6, 6.07) is 7.62. The van der Waals surface area contributed by atoms with E-state index in [1.807, 2.05) is 0 Å². The number of carbonyl (C=O) groups is 1. The highest BCUT2D eigenvalue weighted by atomic mass is 19.4. The molecule has 0 bridgehead atoms. The van der Waals surface area contributed by atoms with Gasteiger partial charge in [0.15, 0.2) is 0 Å². The van der Waals surface area contributed by atoms with Gasteiger partial charge in [0.1, 0.15) is 5.76 Å². The van der Waals surface area contributed by atoms with Crippen LogP contribution in [0.1, 0.15) is 16.9 Å². The molecule has 112 valence electrons. The van der Waals surface area contributed by atoms with Gasteiger partial charge in [0.05, 0.1) is 18.4 Å². The minimum Gasteiger partial charge on any atom is -0.467 e. The highest BCUT2D eigenvalue weighted by Gasteiger charge is 2.29. The molecule has 1 aromatic heterocycles. The van der Waals surface area contributed by atoms with Crippen molar-refractivity contribution in [3.63, 3.8) is 0 Å². The molecular formula is C14H13F3N2O2. The van der Waals surface area contributed by atoms with Gasteiger partial charge in [0.25, 0.3) is 0 Å². The lowest BCUT2D eigenvalue weighted by molar-refractivity contribution is -0.137. The fourth-order valence-corrected chi connectivity index (χ4v) is 1.64. The molecule has 2 N–H and O–H groups in total. The van der Waals surface area contributed by atoms with Crippen LogP contribution < -0.4 is 10.6 Å². The van der Waals surface area contributed by atoms with Gasteiger partial charge in [0.2, 0.25) is 0 Å². The summed E-state index contributed by atoms with van der Waals surface area (Å²) < 4.78 is 42.2. The van der Waals surface area contributed by atoms with Crippen LogP contribution in [0.2, 0.25) is 0 Å². The lowest BCUT2D eigenvalue weighted by atomic mass is 10.1. The fourth-order valence-electron chi connectivity index (χ4n) is 1.64. The van der Waals surface area contributed by atoms with Gasteiger partial charge in [-0.2, -0.15) is 13.2 Å². The summed E-state index contributed by atoms with van der Waals surface area (Å²) in [5.74, 6) is 0.611. The lowest BCUT2D eigenvalue weighted by Gasteiger charge is -2.09. The van der Waals surface area contributed by atoms with Gasteiger partial charge in [0, 0.05) is 6.54 Å². The summed E-state index contributed by atoms with van der Waals surface area (Å²) in [7, 11) is 0. The number of hydrogen-bond donors (Lipinski definition) is 2. The maximum atomic E-state index is 12.4. The zero-order valence-electron chi connectivity index (χ0n) is 10.9. The predicted octanol–water partition coefficient (Wildman–Crippen LogP) is 3.30. The molecule has 0 fully saturated rings. The van der Waals surface area contributed by atoms with Crippen LogP contribution in [0.15, 0.2) is 47.1 Å². The summed E-state index contributed by atoms with van der Waals surface area (Å²) in [6.45, 7) is 0.383. The molecule has 0 saturated carbocycles. The molecule has 0 spiro atoms. The van der Waals surface area contributed by atoms with Crippen LogP contribution in [0, 0.1) is 0 Å². The maximum Gasteiger partial charge on any atom is 0.416 e. The molecule has 4 nitrogen and oxygen atoms in total. The summed E-state index contributed by atoms with van der Waals surface area (Å²) in [5, 5.41) is 5.11. The molecule has 1 aromatic carbocycles. The molecule has 0 unspecified atom stereocenters. The Labute approximate surface area is 119 Å². The first-order valence-corrected chi connectivity index (χ1v) is 6.15. The number of urea groups is 1. The summed E-state index contributed by atoms with van der Waals surface area (Å²) in [6.07, 6.45) is -2.86. The number of benzene rings is 1. The summed E-state index contributed by atoms with van der Waals surface area (Å²) in [5.41, 5.74) is -0.135. The molecule has 2 amide bonds. The molecule has 0 saturated heterocycles. The Hall–Kier alpha value is -2.44. The van der Waals surface area contributed by atoms with E-state index >= 15 is 0 Å². The van der Waals surface area contributed by atoms with Crippen molar-refractivity contribution in [3.8, 4) is 0 Å². The highest BCUT2D eigenvalue weighted by Crippen LogP contribution is 2.28. The Morgan fingerprint density at radius 3 is 2.29 bits per heavy atom. The quantitative estimate of drug-likeness (QED) is 0.910. The normalized spacial score (nSPS) is 11.2. The van der Waals surface area contributed by atoms with Crippen LogP contribution >= 0.6 is 0 Å². The van der Waals surface area contributed by atoms with Gasteiger partial charge in [-0.15, -0.1) is 0 Å². The van der Waals surface area contributed by atoms with Crippen molar-refractivity contribution < 1.29 is 22.4 Å². The number of alkyl halides is 3. The minimum absolute atomic E-state index is 0.141. The second kappa shape index (κ2) is 6.34. The van der Waals surface area contributed by atoms with E-state index in [1.165, 1.54) is 18.4 Å². The van der Waals surface area contributed by atoms with E-state index in [4.69, 9.17) is 4.42 Å². The molecule has 1 heterocycles. The van der Waals surface area contributed by atoms with Gasteiger partial charge in [-0.25, -0.2) is 4.79 Å². The molecule has 2 aromatic rings. The van der Waals surface area contributed by atoms with Crippen molar-refractivity contribution in [3.05, 3.63) is 59.5 Å². The van der Waals surface area contributed by atoms with Crippen molar-refractivity contribution in [2.75, 3.05) is 0 Å². The summed E-state index contributed by atoms with van der Waals surface area (Å²) in [4.78, 5) is 11.5. The molecule has 7 heteroatoms. The molecule has 0 aliphatic rings. The molecule has 0 aliphatic carbocycles. The van der Waals surface area contributed by atoms with Gasteiger partial charge < -0.3 is 15.1 Å². The van der Waals surface area contributed by atoms with Crippen LogP contribution in [-0.4, -0.2) is 6.03 Å². The first kappa shape index (κ1) is 15.0. The van der Waals surface area contributed by atoms with Crippen molar-refractivity contribution in [1.82, 2.24) is 10.6 Å². The van der Waals surface area contributed by atoms with E-state index in [9.17, 15) is 18.0 Å². The SMILES string of the molecule is O=C(NCc1ccc(C(F)(F)F)cc1)NCc1ccco1. The number of amides is 2. The monoisotopic (exact) mass is 298 g/mol. The third-order valence-corrected chi connectivity index (χ3v) is 2.74. The van der Waals surface area contributed by atoms with Crippen LogP contribution in [0.25, 0.3) is 0 Å². The predicted molar refractivity (Wildman–Crippen MR) is 69.2 cm³/mol. The molecular weight excluding hydrogens is 285 g/mol. The molecule has 2 rings (SSSR count). The van der Waals surface area contributed by atoms with E-state index in [1.54, 1.807) is 12.1 Å². The first-order valence-electron chi connectivity index (χ1n) is 6.15. The Morgan fingerprint density at radius 2 is 1.71 bits per heavy atom. The van der Waals surface area contributed by atoms with E-state index in [-0.39, 0.29) is 13.1 Å². The van der Waals surface area contributed by atoms with E-state index in [0.29, 0.717) is 11.3 Å². The average molecular weight is 298 g/mol. The van der Waals surface area contributed by atoms with Crippen LogP contribution in [0.3, 0.4) is 0 Å². The van der Waals surface area contributed by atoms with Gasteiger partial charge in [-0.1, -0.05) is 12.1 Å². The smallest absolute Gasteiger partial charge is 0.416 e. The first-order chi connectivity index (χ1) is 9.95. The summed E-state index contributed by atoms with van der Waals surface area (Å²) >= 11 is 0. The zero-order valence-corrected chi connectivity index (χ0v) is 10.9. The maximum absolute atomic E-state index is 12.4. The highest BCUT2D eigenvalue weighted by molar-refractivity contribution is 5.73. The van der Waals surface area contributed by atoms with Crippen LogP contribution in [-0.2, 0) is 19.3 Å². The van der Waals surface area contributed by atoms with E-state index in [2.05, 4.69) is 10.6 Å².